The van der Waals surface area contributed by atoms with Crippen molar-refractivity contribution in [1.82, 2.24) is 5.32 Å². The van der Waals surface area contributed by atoms with Crippen molar-refractivity contribution in [3.05, 3.63) is 0 Å². The molecule has 0 heterocycles. The molecule has 0 aliphatic heterocycles. The van der Waals surface area contributed by atoms with E-state index in [1.165, 1.54) is 25.7 Å². The summed E-state index contributed by atoms with van der Waals surface area (Å²) in [5.41, 5.74) is 0. The van der Waals surface area contributed by atoms with Gasteiger partial charge in [-0.1, -0.05) is 6.42 Å². The van der Waals surface area contributed by atoms with E-state index in [-0.39, 0.29) is 17.9 Å². The Morgan fingerprint density at radius 3 is 2.44 bits per heavy atom. The van der Waals surface area contributed by atoms with Gasteiger partial charge in [0.05, 0.1) is 5.92 Å². The number of carboxylic acids is 1. The third-order valence-corrected chi connectivity index (χ3v) is 5.18. The van der Waals surface area contributed by atoms with Crippen molar-refractivity contribution in [3.63, 3.8) is 0 Å². The first-order chi connectivity index (χ1) is 8.61. The molecule has 2 bridgehead atoms. The second kappa shape index (κ2) is 4.56. The molecule has 100 valence electrons. The van der Waals surface area contributed by atoms with Gasteiger partial charge < -0.3 is 10.4 Å². The molecule has 3 saturated carbocycles. The van der Waals surface area contributed by atoms with Crippen LogP contribution in [0, 0.1) is 23.7 Å². The topological polar surface area (TPSA) is 66.4 Å². The monoisotopic (exact) mass is 251 g/mol. The number of fused-ring (bicyclic) bond motifs is 2. The fraction of sp³-hybridized carbons (Fsp3) is 0.857. The van der Waals surface area contributed by atoms with Crippen molar-refractivity contribution in [3.8, 4) is 0 Å². The highest BCUT2D eigenvalue weighted by molar-refractivity contribution is 5.77. The van der Waals surface area contributed by atoms with E-state index in [0.29, 0.717) is 25.2 Å². The summed E-state index contributed by atoms with van der Waals surface area (Å²) in [5.74, 6) is 1.44. The third-order valence-electron chi connectivity index (χ3n) is 5.18. The van der Waals surface area contributed by atoms with Crippen LogP contribution in [0.5, 0.6) is 0 Å². The molecule has 3 rings (SSSR count). The van der Waals surface area contributed by atoms with Gasteiger partial charge in [0.1, 0.15) is 0 Å². The van der Waals surface area contributed by atoms with Crippen LogP contribution in [0.4, 0.5) is 0 Å². The first kappa shape index (κ1) is 12.0. The number of hydrogen-bond donors (Lipinski definition) is 2. The maximum Gasteiger partial charge on any atom is 0.306 e. The van der Waals surface area contributed by atoms with Gasteiger partial charge in [0, 0.05) is 12.5 Å². The number of carboxylic acid groups (broad SMARTS) is 1. The van der Waals surface area contributed by atoms with Gasteiger partial charge in [-0.05, 0) is 49.9 Å². The van der Waals surface area contributed by atoms with Crippen LogP contribution in [0.2, 0.25) is 0 Å². The lowest BCUT2D eigenvalue weighted by atomic mass is 9.80. The first-order valence-corrected chi connectivity index (χ1v) is 7.14. The summed E-state index contributed by atoms with van der Waals surface area (Å²) in [4.78, 5) is 22.6. The van der Waals surface area contributed by atoms with Crippen LogP contribution < -0.4 is 5.32 Å². The van der Waals surface area contributed by atoms with Crippen molar-refractivity contribution >= 4 is 11.9 Å². The predicted molar refractivity (Wildman–Crippen MR) is 65.8 cm³/mol. The Balaban J connectivity index is 1.39. The molecule has 3 unspecified atom stereocenters. The standard InChI is InChI=1S/C14H21NO3/c16-13(15-12-5-11(6-12)14(17)18)7-10-4-8-1-2-9(10)3-8/h8-12H,1-7H2,(H,15,16)(H,17,18). The lowest BCUT2D eigenvalue weighted by Gasteiger charge is -2.33. The summed E-state index contributed by atoms with van der Waals surface area (Å²) >= 11 is 0. The van der Waals surface area contributed by atoms with Crippen molar-refractivity contribution in [2.24, 2.45) is 23.7 Å². The number of carbonyl (C=O) groups excluding carboxylic acids is 1. The van der Waals surface area contributed by atoms with Crippen LogP contribution in [-0.4, -0.2) is 23.0 Å². The highest BCUT2D eigenvalue weighted by Crippen LogP contribution is 2.49. The molecular formula is C14H21NO3. The molecule has 2 N–H and O–H groups in total. The lowest BCUT2D eigenvalue weighted by Crippen LogP contribution is -2.47. The van der Waals surface area contributed by atoms with Gasteiger partial charge in [0.2, 0.25) is 5.91 Å². The molecule has 18 heavy (non-hydrogen) atoms. The number of aliphatic carboxylic acids is 1. The zero-order chi connectivity index (χ0) is 12.7. The third kappa shape index (κ3) is 2.25. The molecule has 3 fully saturated rings. The quantitative estimate of drug-likeness (QED) is 0.800. The van der Waals surface area contributed by atoms with Gasteiger partial charge in [-0.25, -0.2) is 0 Å². The molecule has 4 heteroatoms. The molecule has 0 aromatic heterocycles. The molecule has 4 nitrogen and oxygen atoms in total. The molecule has 1 amide bonds. The van der Waals surface area contributed by atoms with Crippen molar-refractivity contribution in [2.45, 2.75) is 51.0 Å². The number of hydrogen-bond acceptors (Lipinski definition) is 2. The summed E-state index contributed by atoms with van der Waals surface area (Å²) in [6, 6.07) is 0.109. The number of rotatable bonds is 4. The Bertz CT molecular complexity index is 362. The van der Waals surface area contributed by atoms with E-state index in [4.69, 9.17) is 5.11 Å². The second-order valence-corrected chi connectivity index (χ2v) is 6.41. The average molecular weight is 251 g/mol. The average Bonchev–Trinajstić information content (AvgIpc) is 2.83. The zero-order valence-electron chi connectivity index (χ0n) is 10.6. The molecule has 0 radical (unpaired) electrons. The van der Waals surface area contributed by atoms with Crippen LogP contribution in [0.25, 0.3) is 0 Å². The highest BCUT2D eigenvalue weighted by atomic mass is 16.4. The molecule has 3 aliphatic rings. The van der Waals surface area contributed by atoms with E-state index in [1.807, 2.05) is 0 Å². The normalized spacial score (nSPS) is 41.4. The molecule has 0 spiro atoms. The SMILES string of the molecule is O=C(CC1CC2CCC1C2)NC1CC(C(=O)O)C1. The maximum absolute atomic E-state index is 11.9. The fourth-order valence-corrected chi connectivity index (χ4v) is 4.09. The Kier molecular flexibility index (Phi) is 3.04. The van der Waals surface area contributed by atoms with Crippen molar-refractivity contribution in [1.29, 1.82) is 0 Å². The Morgan fingerprint density at radius 2 is 1.89 bits per heavy atom. The molecule has 0 aromatic carbocycles. The molecular weight excluding hydrogens is 230 g/mol. The Labute approximate surface area is 107 Å². The molecule has 3 aliphatic carbocycles. The minimum absolute atomic E-state index is 0.109. The van der Waals surface area contributed by atoms with Gasteiger partial charge in [-0.15, -0.1) is 0 Å². The second-order valence-electron chi connectivity index (χ2n) is 6.41. The van der Waals surface area contributed by atoms with Gasteiger partial charge in [-0.3, -0.25) is 9.59 Å². The molecule has 0 saturated heterocycles. The van der Waals surface area contributed by atoms with Gasteiger partial charge in [0.15, 0.2) is 0 Å². The predicted octanol–water partition coefficient (Wildman–Crippen LogP) is 1.79. The minimum Gasteiger partial charge on any atom is -0.481 e. The van der Waals surface area contributed by atoms with Crippen LogP contribution in [-0.2, 0) is 9.59 Å². The van der Waals surface area contributed by atoms with E-state index in [1.54, 1.807) is 0 Å². The van der Waals surface area contributed by atoms with Crippen LogP contribution in [0.1, 0.15) is 44.9 Å². The number of nitrogens with one attached hydrogen (secondary N) is 1. The Hall–Kier alpha value is -1.06. The molecule has 0 aromatic rings. The van der Waals surface area contributed by atoms with Gasteiger partial charge in [0.25, 0.3) is 0 Å². The minimum atomic E-state index is -0.728. The highest BCUT2D eigenvalue weighted by Gasteiger charge is 2.41. The van der Waals surface area contributed by atoms with E-state index in [2.05, 4.69) is 5.32 Å². The largest absolute Gasteiger partial charge is 0.481 e. The number of amides is 1. The van der Waals surface area contributed by atoms with Crippen molar-refractivity contribution in [2.75, 3.05) is 0 Å². The van der Waals surface area contributed by atoms with E-state index >= 15 is 0 Å². The maximum atomic E-state index is 11.9. The summed E-state index contributed by atoms with van der Waals surface area (Å²) in [6.07, 6.45) is 7.13. The van der Waals surface area contributed by atoms with Crippen LogP contribution >= 0.6 is 0 Å². The van der Waals surface area contributed by atoms with Crippen LogP contribution in [0.3, 0.4) is 0 Å². The van der Waals surface area contributed by atoms with Crippen molar-refractivity contribution < 1.29 is 14.7 Å². The number of carbonyl (C=O) groups is 2. The summed E-state index contributed by atoms with van der Waals surface area (Å²) < 4.78 is 0. The van der Waals surface area contributed by atoms with E-state index in [0.717, 1.165) is 11.8 Å². The van der Waals surface area contributed by atoms with Crippen LogP contribution in [0.15, 0.2) is 0 Å². The Morgan fingerprint density at radius 1 is 1.11 bits per heavy atom. The van der Waals surface area contributed by atoms with E-state index in [9.17, 15) is 9.59 Å². The first-order valence-electron chi connectivity index (χ1n) is 7.14. The summed E-state index contributed by atoms with van der Waals surface area (Å²) in [7, 11) is 0. The summed E-state index contributed by atoms with van der Waals surface area (Å²) in [5, 5.41) is 11.8. The van der Waals surface area contributed by atoms with Gasteiger partial charge in [-0.2, -0.15) is 0 Å². The lowest BCUT2D eigenvalue weighted by molar-refractivity contribution is -0.146. The van der Waals surface area contributed by atoms with Gasteiger partial charge >= 0.3 is 5.97 Å². The summed E-state index contributed by atoms with van der Waals surface area (Å²) in [6.45, 7) is 0. The zero-order valence-corrected chi connectivity index (χ0v) is 10.6. The molecule has 3 atom stereocenters. The fourth-order valence-electron chi connectivity index (χ4n) is 4.09. The van der Waals surface area contributed by atoms with E-state index < -0.39 is 5.97 Å². The smallest absolute Gasteiger partial charge is 0.306 e.